The molecule has 5 nitrogen and oxygen atoms in total. The molecule has 142 valence electrons. The van der Waals surface area contributed by atoms with Crippen molar-refractivity contribution in [2.24, 2.45) is 0 Å². The molecule has 2 aromatic carbocycles. The Morgan fingerprint density at radius 3 is 2.70 bits per heavy atom. The molecule has 0 bridgehead atoms. The molecular formula is C19H19Cl2N3O2S. The standard InChI is InChI=1S/C19H17N3O2S.2ClH/c1-2-24-18(23)11-20-14-8-9-16-17(10-14)25-19-21-15(12-22(16)19)13-6-4-3-5-7-13;;/h3-10,12,20H,2,11H2,1H3;2*1H. The smallest absolute Gasteiger partial charge is 0.325 e. The average molecular weight is 424 g/mol. The Morgan fingerprint density at radius 1 is 1.19 bits per heavy atom. The van der Waals surface area contributed by atoms with E-state index in [9.17, 15) is 4.79 Å². The van der Waals surface area contributed by atoms with Gasteiger partial charge in [-0.15, -0.1) is 24.8 Å². The first-order valence-corrected chi connectivity index (χ1v) is 8.93. The molecule has 0 atom stereocenters. The molecule has 4 aromatic rings. The molecule has 0 saturated carbocycles. The van der Waals surface area contributed by atoms with Crippen LogP contribution in [0.3, 0.4) is 0 Å². The van der Waals surface area contributed by atoms with Gasteiger partial charge < -0.3 is 10.1 Å². The molecule has 0 fully saturated rings. The Bertz CT molecular complexity index is 1050. The predicted octanol–water partition coefficient (Wildman–Crippen LogP) is 5.03. The molecule has 27 heavy (non-hydrogen) atoms. The molecule has 2 heterocycles. The van der Waals surface area contributed by atoms with Crippen molar-refractivity contribution in [3.63, 3.8) is 0 Å². The van der Waals surface area contributed by atoms with Crippen molar-refractivity contribution >= 4 is 63.0 Å². The zero-order valence-corrected chi connectivity index (χ0v) is 17.0. The van der Waals surface area contributed by atoms with Crippen LogP contribution < -0.4 is 5.32 Å². The maximum Gasteiger partial charge on any atom is 0.325 e. The SMILES string of the molecule is CCOC(=O)CNc1ccc2c(c1)sc1nc(-c3ccccc3)cn12.Cl.Cl. The van der Waals surface area contributed by atoms with Crippen molar-refractivity contribution < 1.29 is 9.53 Å². The average Bonchev–Trinajstić information content (AvgIpc) is 3.18. The van der Waals surface area contributed by atoms with Gasteiger partial charge in [-0.05, 0) is 25.1 Å². The summed E-state index contributed by atoms with van der Waals surface area (Å²) in [5, 5.41) is 3.10. The highest BCUT2D eigenvalue weighted by Crippen LogP contribution is 2.31. The third-order valence-electron chi connectivity index (χ3n) is 3.91. The molecule has 1 N–H and O–H groups in total. The van der Waals surface area contributed by atoms with E-state index in [1.807, 2.05) is 36.4 Å². The summed E-state index contributed by atoms with van der Waals surface area (Å²) in [7, 11) is 0. The fourth-order valence-corrected chi connectivity index (χ4v) is 3.79. The van der Waals surface area contributed by atoms with Gasteiger partial charge in [0, 0.05) is 17.4 Å². The number of rotatable bonds is 5. The topological polar surface area (TPSA) is 55.6 Å². The van der Waals surface area contributed by atoms with Crippen LogP contribution in [-0.2, 0) is 9.53 Å². The molecule has 0 amide bonds. The number of carbonyl (C=O) groups is 1. The highest BCUT2D eigenvalue weighted by atomic mass is 35.5. The van der Waals surface area contributed by atoms with Crippen LogP contribution in [0, 0.1) is 0 Å². The van der Waals surface area contributed by atoms with Crippen molar-refractivity contribution in [2.75, 3.05) is 18.5 Å². The van der Waals surface area contributed by atoms with Gasteiger partial charge in [-0.3, -0.25) is 9.20 Å². The minimum atomic E-state index is -0.254. The summed E-state index contributed by atoms with van der Waals surface area (Å²) < 4.78 is 8.16. The molecular weight excluding hydrogens is 405 g/mol. The Morgan fingerprint density at radius 2 is 1.96 bits per heavy atom. The van der Waals surface area contributed by atoms with E-state index in [-0.39, 0.29) is 37.3 Å². The number of hydrogen-bond acceptors (Lipinski definition) is 5. The number of carbonyl (C=O) groups excluding carboxylic acids is 1. The number of nitrogens with zero attached hydrogens (tertiary/aromatic N) is 2. The number of fused-ring (bicyclic) bond motifs is 3. The van der Waals surface area contributed by atoms with Crippen LogP contribution in [0.15, 0.2) is 54.7 Å². The number of ether oxygens (including phenoxy) is 1. The van der Waals surface area contributed by atoms with Crippen LogP contribution in [0.1, 0.15) is 6.92 Å². The Labute approximate surface area is 173 Å². The number of aromatic nitrogens is 2. The highest BCUT2D eigenvalue weighted by Gasteiger charge is 2.11. The van der Waals surface area contributed by atoms with Crippen LogP contribution >= 0.6 is 36.2 Å². The van der Waals surface area contributed by atoms with Gasteiger partial charge in [0.2, 0.25) is 0 Å². The molecule has 0 aliphatic rings. The number of anilines is 1. The van der Waals surface area contributed by atoms with Gasteiger partial charge >= 0.3 is 5.97 Å². The highest BCUT2D eigenvalue weighted by molar-refractivity contribution is 7.23. The zero-order chi connectivity index (χ0) is 17.2. The predicted molar refractivity (Wildman–Crippen MR) is 116 cm³/mol. The lowest BCUT2D eigenvalue weighted by Gasteiger charge is -2.05. The fourth-order valence-electron chi connectivity index (χ4n) is 2.75. The second-order valence-corrected chi connectivity index (χ2v) is 6.60. The first-order valence-electron chi connectivity index (χ1n) is 8.11. The van der Waals surface area contributed by atoms with Crippen molar-refractivity contribution in [3.05, 3.63) is 54.7 Å². The van der Waals surface area contributed by atoms with E-state index in [2.05, 4.69) is 28.0 Å². The first-order chi connectivity index (χ1) is 12.2. The summed E-state index contributed by atoms with van der Waals surface area (Å²) in [6.07, 6.45) is 2.06. The number of esters is 1. The summed E-state index contributed by atoms with van der Waals surface area (Å²) in [5.74, 6) is -0.254. The normalized spacial score (nSPS) is 10.3. The van der Waals surface area contributed by atoms with Crippen molar-refractivity contribution in [1.29, 1.82) is 0 Å². The number of halogens is 2. The number of hydrogen-bond donors (Lipinski definition) is 1. The van der Waals surface area contributed by atoms with Gasteiger partial charge in [0.15, 0.2) is 4.96 Å². The summed E-state index contributed by atoms with van der Waals surface area (Å²) in [6, 6.07) is 16.2. The Balaban J connectivity index is 0.00000131. The molecule has 0 saturated heterocycles. The molecule has 0 unspecified atom stereocenters. The lowest BCUT2D eigenvalue weighted by Crippen LogP contribution is -2.16. The maximum atomic E-state index is 11.5. The largest absolute Gasteiger partial charge is 0.465 e. The van der Waals surface area contributed by atoms with Gasteiger partial charge in [-0.1, -0.05) is 41.7 Å². The third kappa shape index (κ3) is 4.35. The van der Waals surface area contributed by atoms with Crippen LogP contribution in [0.2, 0.25) is 0 Å². The second-order valence-electron chi connectivity index (χ2n) is 5.59. The molecule has 0 radical (unpaired) electrons. The van der Waals surface area contributed by atoms with E-state index in [1.165, 1.54) is 0 Å². The van der Waals surface area contributed by atoms with Gasteiger partial charge in [0.1, 0.15) is 6.54 Å². The molecule has 0 aliphatic heterocycles. The van der Waals surface area contributed by atoms with Crippen LogP contribution in [0.5, 0.6) is 0 Å². The maximum absolute atomic E-state index is 11.5. The van der Waals surface area contributed by atoms with E-state index in [4.69, 9.17) is 9.72 Å². The summed E-state index contributed by atoms with van der Waals surface area (Å²) in [4.78, 5) is 17.1. The summed E-state index contributed by atoms with van der Waals surface area (Å²) >= 11 is 1.63. The number of thiazole rings is 1. The first kappa shape index (κ1) is 21.0. The summed E-state index contributed by atoms with van der Waals surface area (Å²) in [5.41, 5.74) is 4.09. The number of nitrogens with one attached hydrogen (secondary N) is 1. The van der Waals surface area contributed by atoms with Crippen LogP contribution in [0.4, 0.5) is 5.69 Å². The fraction of sp³-hybridized carbons (Fsp3) is 0.158. The summed E-state index contributed by atoms with van der Waals surface area (Å²) in [6.45, 7) is 2.36. The van der Waals surface area contributed by atoms with E-state index in [0.29, 0.717) is 6.61 Å². The molecule has 8 heteroatoms. The quantitative estimate of drug-likeness (QED) is 0.457. The van der Waals surface area contributed by atoms with E-state index < -0.39 is 0 Å². The zero-order valence-electron chi connectivity index (χ0n) is 14.5. The van der Waals surface area contributed by atoms with Crippen LogP contribution in [0.25, 0.3) is 26.4 Å². The van der Waals surface area contributed by atoms with Gasteiger partial charge in [0.25, 0.3) is 0 Å². The Kier molecular flexibility index (Phi) is 7.07. The van der Waals surface area contributed by atoms with Gasteiger partial charge in [-0.25, -0.2) is 4.98 Å². The third-order valence-corrected chi connectivity index (χ3v) is 4.92. The van der Waals surface area contributed by atoms with E-state index in [0.717, 1.165) is 32.1 Å². The van der Waals surface area contributed by atoms with E-state index in [1.54, 1.807) is 18.3 Å². The lowest BCUT2D eigenvalue weighted by atomic mass is 10.2. The minimum absolute atomic E-state index is 0. The number of imidazole rings is 1. The van der Waals surface area contributed by atoms with Crippen molar-refractivity contribution in [2.45, 2.75) is 6.92 Å². The van der Waals surface area contributed by atoms with Crippen molar-refractivity contribution in [1.82, 2.24) is 9.38 Å². The van der Waals surface area contributed by atoms with Crippen LogP contribution in [-0.4, -0.2) is 28.5 Å². The monoisotopic (exact) mass is 423 g/mol. The molecule has 0 aliphatic carbocycles. The molecule has 2 aromatic heterocycles. The molecule has 0 spiro atoms. The van der Waals surface area contributed by atoms with Gasteiger partial charge in [-0.2, -0.15) is 0 Å². The van der Waals surface area contributed by atoms with E-state index >= 15 is 0 Å². The minimum Gasteiger partial charge on any atom is -0.465 e. The number of benzene rings is 2. The van der Waals surface area contributed by atoms with Crippen molar-refractivity contribution in [3.8, 4) is 11.3 Å². The molecule has 4 rings (SSSR count). The van der Waals surface area contributed by atoms with Gasteiger partial charge in [0.05, 0.1) is 22.5 Å². The second kappa shape index (κ2) is 9.08. The lowest BCUT2D eigenvalue weighted by molar-refractivity contribution is -0.140. The Hall–Kier alpha value is -2.28.